The Morgan fingerprint density at radius 1 is 1.37 bits per heavy atom. The minimum atomic E-state index is -0.374. The van der Waals surface area contributed by atoms with Crippen LogP contribution in [0, 0.1) is 17.6 Å². The van der Waals surface area contributed by atoms with Crippen molar-refractivity contribution >= 4 is 0 Å². The van der Waals surface area contributed by atoms with Crippen molar-refractivity contribution in [3.8, 4) is 0 Å². The van der Waals surface area contributed by atoms with Crippen LogP contribution < -0.4 is 5.32 Å². The van der Waals surface area contributed by atoms with E-state index in [1.54, 1.807) is 0 Å². The normalized spacial score (nSPS) is 19.9. The topological polar surface area (TPSA) is 15.3 Å². The smallest absolute Gasteiger partial charge is 0.127 e. The van der Waals surface area contributed by atoms with Crippen LogP contribution in [0.15, 0.2) is 18.2 Å². The zero-order chi connectivity index (χ0) is 13.7. The van der Waals surface area contributed by atoms with Crippen molar-refractivity contribution in [1.29, 1.82) is 0 Å². The van der Waals surface area contributed by atoms with E-state index in [4.69, 9.17) is 0 Å². The minimum Gasteiger partial charge on any atom is -0.316 e. The molecule has 0 saturated carbocycles. The Balaban J connectivity index is 1.80. The van der Waals surface area contributed by atoms with Gasteiger partial charge >= 0.3 is 0 Å². The predicted molar refractivity (Wildman–Crippen MR) is 72.9 cm³/mol. The van der Waals surface area contributed by atoms with Gasteiger partial charge in [0.25, 0.3) is 0 Å². The van der Waals surface area contributed by atoms with E-state index in [0.717, 1.165) is 32.1 Å². The molecule has 1 saturated heterocycles. The molecule has 4 heteroatoms. The molecule has 0 amide bonds. The molecule has 2 rings (SSSR count). The highest BCUT2D eigenvalue weighted by Gasteiger charge is 2.14. The second-order valence-corrected chi connectivity index (χ2v) is 5.47. The highest BCUT2D eigenvalue weighted by atomic mass is 19.1. The van der Waals surface area contributed by atoms with Gasteiger partial charge in [-0.3, -0.25) is 0 Å². The predicted octanol–water partition coefficient (Wildman–Crippen LogP) is 2.79. The Bertz CT molecular complexity index is 403. The van der Waals surface area contributed by atoms with Crippen LogP contribution in [0.1, 0.15) is 24.8 Å². The lowest BCUT2D eigenvalue weighted by atomic mass is 9.96. The summed E-state index contributed by atoms with van der Waals surface area (Å²) in [5.41, 5.74) is 0.435. The molecule has 1 aromatic carbocycles. The van der Waals surface area contributed by atoms with E-state index in [1.165, 1.54) is 25.0 Å². The van der Waals surface area contributed by atoms with E-state index in [1.807, 2.05) is 7.05 Å². The van der Waals surface area contributed by atoms with Gasteiger partial charge in [-0.15, -0.1) is 0 Å². The largest absolute Gasteiger partial charge is 0.316 e. The maximum atomic E-state index is 13.5. The molecule has 1 aromatic rings. The van der Waals surface area contributed by atoms with Crippen LogP contribution in [-0.4, -0.2) is 31.6 Å². The number of hydrogen-bond acceptors (Lipinski definition) is 2. The molecule has 1 atom stereocenters. The van der Waals surface area contributed by atoms with Crippen molar-refractivity contribution in [2.24, 2.45) is 5.92 Å². The minimum absolute atomic E-state index is 0.326. The van der Waals surface area contributed by atoms with Crippen LogP contribution in [0.25, 0.3) is 0 Å². The number of hydrogen-bond donors (Lipinski definition) is 1. The first-order valence-electron chi connectivity index (χ1n) is 6.98. The third kappa shape index (κ3) is 4.55. The van der Waals surface area contributed by atoms with Crippen LogP contribution in [0.4, 0.5) is 8.78 Å². The zero-order valence-electron chi connectivity index (χ0n) is 11.5. The summed E-state index contributed by atoms with van der Waals surface area (Å²) in [6, 6.07) is 3.64. The molecule has 0 aromatic heterocycles. The molecule has 0 spiro atoms. The van der Waals surface area contributed by atoms with Crippen LogP contribution >= 0.6 is 0 Å². The molecule has 0 aliphatic carbocycles. The van der Waals surface area contributed by atoms with Crippen LogP contribution in [-0.2, 0) is 6.54 Å². The standard InChI is InChI=1S/C15H22F2N2/c1-19(8-6-12-3-2-7-18-10-12)11-13-9-14(16)4-5-15(13)17/h4-5,9,12,18H,2-3,6-8,10-11H2,1H3. The molecule has 1 aliphatic rings. The fourth-order valence-electron chi connectivity index (χ4n) is 2.61. The summed E-state index contributed by atoms with van der Waals surface area (Å²) >= 11 is 0. The second-order valence-electron chi connectivity index (χ2n) is 5.47. The Morgan fingerprint density at radius 3 is 2.95 bits per heavy atom. The van der Waals surface area contributed by atoms with E-state index < -0.39 is 0 Å². The molecular weight excluding hydrogens is 246 g/mol. The summed E-state index contributed by atoms with van der Waals surface area (Å²) in [6.45, 7) is 3.59. The lowest BCUT2D eigenvalue weighted by Gasteiger charge is -2.25. The summed E-state index contributed by atoms with van der Waals surface area (Å²) < 4.78 is 26.6. The average molecular weight is 268 g/mol. The monoisotopic (exact) mass is 268 g/mol. The molecular formula is C15H22F2N2. The van der Waals surface area contributed by atoms with Gasteiger partial charge in [-0.05, 0) is 70.1 Å². The van der Waals surface area contributed by atoms with Crippen LogP contribution in [0.3, 0.4) is 0 Å². The van der Waals surface area contributed by atoms with E-state index in [2.05, 4.69) is 10.2 Å². The number of rotatable bonds is 5. The SMILES string of the molecule is CN(CCC1CCCNC1)Cc1cc(F)ccc1F. The average Bonchev–Trinajstić information content (AvgIpc) is 2.42. The maximum Gasteiger partial charge on any atom is 0.127 e. The Labute approximate surface area is 113 Å². The molecule has 1 heterocycles. The van der Waals surface area contributed by atoms with Gasteiger partial charge in [0.1, 0.15) is 11.6 Å². The first kappa shape index (κ1) is 14.4. The Morgan fingerprint density at radius 2 is 2.21 bits per heavy atom. The molecule has 1 aliphatic heterocycles. The van der Waals surface area contributed by atoms with Crippen LogP contribution in [0.2, 0.25) is 0 Å². The zero-order valence-corrected chi connectivity index (χ0v) is 11.5. The molecule has 19 heavy (non-hydrogen) atoms. The summed E-state index contributed by atoms with van der Waals surface area (Å²) in [4.78, 5) is 2.06. The summed E-state index contributed by atoms with van der Waals surface area (Å²) in [5, 5.41) is 3.40. The quantitative estimate of drug-likeness (QED) is 0.883. The molecule has 2 nitrogen and oxygen atoms in total. The van der Waals surface area contributed by atoms with Gasteiger partial charge in [0.05, 0.1) is 0 Å². The van der Waals surface area contributed by atoms with Gasteiger partial charge in [-0.25, -0.2) is 8.78 Å². The fraction of sp³-hybridized carbons (Fsp3) is 0.600. The Kier molecular flexibility index (Phi) is 5.28. The molecule has 0 radical (unpaired) electrons. The van der Waals surface area contributed by atoms with Gasteiger partial charge in [0.15, 0.2) is 0 Å². The van der Waals surface area contributed by atoms with Crippen molar-refractivity contribution in [3.05, 3.63) is 35.4 Å². The van der Waals surface area contributed by atoms with E-state index in [-0.39, 0.29) is 11.6 Å². The fourth-order valence-corrected chi connectivity index (χ4v) is 2.61. The van der Waals surface area contributed by atoms with Gasteiger partial charge in [-0.2, -0.15) is 0 Å². The number of benzene rings is 1. The molecule has 1 fully saturated rings. The van der Waals surface area contributed by atoms with E-state index in [0.29, 0.717) is 18.0 Å². The van der Waals surface area contributed by atoms with Crippen molar-refractivity contribution in [2.75, 3.05) is 26.7 Å². The molecule has 106 valence electrons. The summed E-state index contributed by atoms with van der Waals surface area (Å²) in [6.07, 6.45) is 3.63. The Hall–Kier alpha value is -1.00. The van der Waals surface area contributed by atoms with Crippen molar-refractivity contribution in [2.45, 2.75) is 25.8 Å². The second kappa shape index (κ2) is 6.96. The first-order valence-corrected chi connectivity index (χ1v) is 6.98. The van der Waals surface area contributed by atoms with Gasteiger partial charge in [0.2, 0.25) is 0 Å². The highest BCUT2D eigenvalue weighted by molar-refractivity contribution is 5.18. The van der Waals surface area contributed by atoms with Crippen molar-refractivity contribution in [3.63, 3.8) is 0 Å². The third-order valence-electron chi connectivity index (χ3n) is 3.77. The number of piperidine rings is 1. The first-order chi connectivity index (χ1) is 9.15. The number of halogens is 2. The van der Waals surface area contributed by atoms with E-state index in [9.17, 15) is 8.78 Å². The van der Waals surface area contributed by atoms with Crippen LogP contribution in [0.5, 0.6) is 0 Å². The van der Waals surface area contributed by atoms with Gasteiger partial charge in [0, 0.05) is 12.1 Å². The lowest BCUT2D eigenvalue weighted by molar-refractivity contribution is 0.265. The van der Waals surface area contributed by atoms with E-state index >= 15 is 0 Å². The highest BCUT2D eigenvalue weighted by Crippen LogP contribution is 2.16. The molecule has 1 unspecified atom stereocenters. The van der Waals surface area contributed by atoms with Crippen molar-refractivity contribution in [1.82, 2.24) is 10.2 Å². The van der Waals surface area contributed by atoms with Crippen molar-refractivity contribution < 1.29 is 8.78 Å². The maximum absolute atomic E-state index is 13.5. The third-order valence-corrected chi connectivity index (χ3v) is 3.77. The lowest BCUT2D eigenvalue weighted by Crippen LogP contribution is -2.32. The van der Waals surface area contributed by atoms with Gasteiger partial charge in [-0.1, -0.05) is 0 Å². The molecule has 1 N–H and O–H groups in total. The number of nitrogens with one attached hydrogen (secondary N) is 1. The summed E-state index contributed by atoms with van der Waals surface area (Å²) in [7, 11) is 1.96. The number of nitrogens with zero attached hydrogens (tertiary/aromatic N) is 1. The summed E-state index contributed by atoms with van der Waals surface area (Å²) in [5.74, 6) is 0.0161. The van der Waals surface area contributed by atoms with Gasteiger partial charge < -0.3 is 10.2 Å². The molecule has 0 bridgehead atoms.